The molecule has 1 saturated carbocycles. The molecule has 0 bridgehead atoms. The quantitative estimate of drug-likeness (QED) is 0.908. The Balaban J connectivity index is 1.94. The number of para-hydroxylation sites is 2. The Labute approximate surface area is 125 Å². The molecule has 2 unspecified atom stereocenters. The van der Waals surface area contributed by atoms with E-state index in [1.807, 2.05) is 31.2 Å². The highest BCUT2D eigenvalue weighted by molar-refractivity contribution is 5.76. The van der Waals surface area contributed by atoms with Gasteiger partial charge in [-0.25, -0.2) is 9.97 Å². The number of aryl methyl sites for hydroxylation is 1. The largest absolute Gasteiger partial charge is 0.394 e. The lowest BCUT2D eigenvalue weighted by molar-refractivity contribution is 0.149. The van der Waals surface area contributed by atoms with Crippen LogP contribution in [0.5, 0.6) is 0 Å². The van der Waals surface area contributed by atoms with Crippen molar-refractivity contribution in [3.63, 3.8) is 0 Å². The lowest BCUT2D eigenvalue weighted by atomic mass is 9.77. The van der Waals surface area contributed by atoms with Crippen LogP contribution in [0.25, 0.3) is 11.0 Å². The average Bonchev–Trinajstić information content (AvgIpc) is 2.48. The predicted octanol–water partition coefficient (Wildman–Crippen LogP) is 3.29. The lowest BCUT2D eigenvalue weighted by Crippen LogP contribution is -2.46. The average molecular weight is 285 g/mol. The van der Waals surface area contributed by atoms with Gasteiger partial charge in [-0.05, 0) is 37.8 Å². The van der Waals surface area contributed by atoms with Gasteiger partial charge in [-0.3, -0.25) is 0 Å². The molecule has 2 N–H and O–H groups in total. The van der Waals surface area contributed by atoms with Crippen LogP contribution in [0, 0.1) is 12.8 Å². The Hall–Kier alpha value is -1.68. The molecule has 2 aromatic rings. The summed E-state index contributed by atoms with van der Waals surface area (Å²) in [7, 11) is 0. The third-order valence-corrected chi connectivity index (χ3v) is 4.52. The first-order valence-electron chi connectivity index (χ1n) is 7.74. The van der Waals surface area contributed by atoms with Gasteiger partial charge in [0.15, 0.2) is 0 Å². The highest BCUT2D eigenvalue weighted by Gasteiger charge is 2.35. The van der Waals surface area contributed by atoms with E-state index >= 15 is 0 Å². The minimum Gasteiger partial charge on any atom is -0.394 e. The molecule has 1 aliphatic rings. The maximum Gasteiger partial charge on any atom is 0.148 e. The first-order valence-corrected chi connectivity index (χ1v) is 7.74. The van der Waals surface area contributed by atoms with E-state index in [1.54, 1.807) is 0 Å². The molecule has 1 aromatic heterocycles. The number of aliphatic hydroxyl groups excluding tert-OH is 1. The third kappa shape index (κ3) is 2.86. The molecule has 112 valence electrons. The molecule has 0 radical (unpaired) electrons. The van der Waals surface area contributed by atoms with Gasteiger partial charge in [-0.15, -0.1) is 0 Å². The van der Waals surface area contributed by atoms with Crippen molar-refractivity contribution in [1.82, 2.24) is 9.97 Å². The van der Waals surface area contributed by atoms with E-state index in [2.05, 4.69) is 17.2 Å². The normalized spacial score (nSPS) is 26.0. The van der Waals surface area contributed by atoms with Crippen LogP contribution < -0.4 is 5.32 Å². The van der Waals surface area contributed by atoms with E-state index in [1.165, 1.54) is 6.42 Å². The molecule has 0 amide bonds. The first-order chi connectivity index (χ1) is 10.1. The van der Waals surface area contributed by atoms with Crippen LogP contribution in [0.4, 0.5) is 5.82 Å². The zero-order valence-corrected chi connectivity index (χ0v) is 12.8. The number of anilines is 1. The fourth-order valence-corrected chi connectivity index (χ4v) is 3.41. The van der Waals surface area contributed by atoms with Gasteiger partial charge in [-0.2, -0.15) is 0 Å². The lowest BCUT2D eigenvalue weighted by Gasteiger charge is -2.40. The molecular weight excluding hydrogens is 262 g/mol. The molecule has 2 atom stereocenters. The summed E-state index contributed by atoms with van der Waals surface area (Å²) in [5.74, 6) is 1.43. The van der Waals surface area contributed by atoms with Gasteiger partial charge in [0.25, 0.3) is 0 Å². The molecule has 1 heterocycles. The summed E-state index contributed by atoms with van der Waals surface area (Å²) in [6, 6.07) is 7.90. The van der Waals surface area contributed by atoms with Crippen LogP contribution in [0.15, 0.2) is 24.3 Å². The zero-order chi connectivity index (χ0) is 14.9. The summed E-state index contributed by atoms with van der Waals surface area (Å²) < 4.78 is 0. The summed E-state index contributed by atoms with van der Waals surface area (Å²) >= 11 is 0. The van der Waals surface area contributed by atoms with Gasteiger partial charge in [0.1, 0.15) is 5.82 Å². The minimum absolute atomic E-state index is 0.144. The second-order valence-electron chi connectivity index (χ2n) is 6.41. The van der Waals surface area contributed by atoms with Crippen molar-refractivity contribution in [2.75, 3.05) is 11.9 Å². The van der Waals surface area contributed by atoms with Crippen molar-refractivity contribution >= 4 is 16.9 Å². The van der Waals surface area contributed by atoms with Gasteiger partial charge >= 0.3 is 0 Å². The maximum absolute atomic E-state index is 9.91. The number of aliphatic hydroxyl groups is 1. The summed E-state index contributed by atoms with van der Waals surface area (Å²) in [4.78, 5) is 9.32. The van der Waals surface area contributed by atoms with Crippen LogP contribution in [-0.2, 0) is 0 Å². The number of hydrogen-bond acceptors (Lipinski definition) is 4. The topological polar surface area (TPSA) is 58.0 Å². The van der Waals surface area contributed by atoms with Crippen molar-refractivity contribution in [1.29, 1.82) is 0 Å². The van der Waals surface area contributed by atoms with E-state index < -0.39 is 0 Å². The second kappa shape index (κ2) is 5.60. The number of rotatable bonds is 3. The van der Waals surface area contributed by atoms with E-state index in [0.717, 1.165) is 41.8 Å². The van der Waals surface area contributed by atoms with Crippen LogP contribution in [0.1, 0.15) is 38.3 Å². The standard InChI is InChI=1S/C17H23N3O/c1-12-6-5-9-17(10-12,11-21)20-16-13(2)18-14-7-3-4-8-15(14)19-16/h3-4,7-8,12,21H,5-6,9-11H2,1-2H3,(H,19,20). The second-order valence-corrected chi connectivity index (χ2v) is 6.41. The molecule has 0 spiro atoms. The fraction of sp³-hybridized carbons (Fsp3) is 0.529. The van der Waals surface area contributed by atoms with Gasteiger partial charge in [-0.1, -0.05) is 31.9 Å². The summed E-state index contributed by atoms with van der Waals surface area (Å²) in [5, 5.41) is 13.4. The van der Waals surface area contributed by atoms with Gasteiger partial charge < -0.3 is 10.4 Å². The fourth-order valence-electron chi connectivity index (χ4n) is 3.41. The highest BCUT2D eigenvalue weighted by Crippen LogP contribution is 2.35. The smallest absolute Gasteiger partial charge is 0.148 e. The van der Waals surface area contributed by atoms with Crippen molar-refractivity contribution in [2.45, 2.75) is 45.1 Å². The van der Waals surface area contributed by atoms with Crippen molar-refractivity contribution in [3.05, 3.63) is 30.0 Å². The number of aromatic nitrogens is 2. The SMILES string of the molecule is Cc1nc2ccccc2nc1NC1(CO)CCCC(C)C1. The van der Waals surface area contributed by atoms with E-state index in [-0.39, 0.29) is 12.1 Å². The summed E-state index contributed by atoms with van der Waals surface area (Å²) in [5.41, 5.74) is 2.44. The van der Waals surface area contributed by atoms with Gasteiger partial charge in [0, 0.05) is 0 Å². The highest BCUT2D eigenvalue weighted by atomic mass is 16.3. The summed E-state index contributed by atoms with van der Waals surface area (Å²) in [6.07, 6.45) is 4.36. The molecule has 4 nitrogen and oxygen atoms in total. The molecule has 21 heavy (non-hydrogen) atoms. The molecule has 1 aromatic carbocycles. The number of fused-ring (bicyclic) bond motifs is 1. The zero-order valence-electron chi connectivity index (χ0n) is 12.8. The van der Waals surface area contributed by atoms with Crippen LogP contribution in [0.2, 0.25) is 0 Å². The monoisotopic (exact) mass is 285 g/mol. The minimum atomic E-state index is -0.250. The molecule has 0 aliphatic heterocycles. The van der Waals surface area contributed by atoms with Gasteiger partial charge in [0.2, 0.25) is 0 Å². The van der Waals surface area contributed by atoms with Crippen LogP contribution in [-0.4, -0.2) is 27.2 Å². The molecule has 4 heteroatoms. The Morgan fingerprint density at radius 1 is 1.29 bits per heavy atom. The summed E-state index contributed by atoms with van der Waals surface area (Å²) in [6.45, 7) is 4.37. The molecular formula is C17H23N3O. The number of nitrogens with zero attached hydrogens (tertiary/aromatic N) is 2. The maximum atomic E-state index is 9.91. The predicted molar refractivity (Wildman–Crippen MR) is 85.3 cm³/mol. The van der Waals surface area contributed by atoms with E-state index in [4.69, 9.17) is 4.98 Å². The number of nitrogens with one attached hydrogen (secondary N) is 1. The molecule has 0 saturated heterocycles. The Morgan fingerprint density at radius 2 is 2.00 bits per heavy atom. The Morgan fingerprint density at radius 3 is 2.67 bits per heavy atom. The molecule has 1 aliphatic carbocycles. The van der Waals surface area contributed by atoms with Crippen LogP contribution >= 0.6 is 0 Å². The van der Waals surface area contributed by atoms with Crippen molar-refractivity contribution < 1.29 is 5.11 Å². The molecule has 3 rings (SSSR count). The Bertz CT molecular complexity index is 643. The van der Waals surface area contributed by atoms with Crippen molar-refractivity contribution in [2.24, 2.45) is 5.92 Å². The van der Waals surface area contributed by atoms with Gasteiger partial charge in [0.05, 0.1) is 28.9 Å². The number of benzene rings is 1. The Kier molecular flexibility index (Phi) is 3.81. The van der Waals surface area contributed by atoms with Crippen LogP contribution in [0.3, 0.4) is 0 Å². The molecule has 1 fully saturated rings. The first kappa shape index (κ1) is 14.3. The van der Waals surface area contributed by atoms with Crippen molar-refractivity contribution in [3.8, 4) is 0 Å². The van der Waals surface area contributed by atoms with E-state index in [0.29, 0.717) is 5.92 Å². The van der Waals surface area contributed by atoms with E-state index in [9.17, 15) is 5.11 Å². The third-order valence-electron chi connectivity index (χ3n) is 4.52. The number of hydrogen-bond donors (Lipinski definition) is 2.